The SMILES string of the molecule is OCc1ccc(Oc2ncc(F)cc2F)cc1. The zero-order chi connectivity index (χ0) is 12.3. The quantitative estimate of drug-likeness (QED) is 0.892. The predicted molar refractivity (Wildman–Crippen MR) is 56.6 cm³/mol. The Morgan fingerprint density at radius 2 is 1.88 bits per heavy atom. The number of halogens is 2. The maximum atomic E-state index is 13.2. The van der Waals surface area contributed by atoms with Gasteiger partial charge in [0.05, 0.1) is 12.8 Å². The van der Waals surface area contributed by atoms with Gasteiger partial charge in [0.25, 0.3) is 5.88 Å². The van der Waals surface area contributed by atoms with Gasteiger partial charge in [-0.3, -0.25) is 0 Å². The van der Waals surface area contributed by atoms with Crippen LogP contribution in [0.25, 0.3) is 0 Å². The first-order valence-electron chi connectivity index (χ1n) is 4.88. The lowest BCUT2D eigenvalue weighted by Crippen LogP contribution is -1.93. The number of ether oxygens (including phenoxy) is 1. The maximum absolute atomic E-state index is 13.2. The standard InChI is InChI=1S/C12H9F2NO2/c13-9-5-11(14)12(15-6-9)17-10-3-1-8(7-16)2-4-10/h1-6,16H,7H2. The Morgan fingerprint density at radius 3 is 2.47 bits per heavy atom. The minimum atomic E-state index is -0.865. The van der Waals surface area contributed by atoms with E-state index in [0.717, 1.165) is 6.20 Å². The van der Waals surface area contributed by atoms with Gasteiger partial charge in [-0.05, 0) is 17.7 Å². The van der Waals surface area contributed by atoms with Gasteiger partial charge >= 0.3 is 0 Å². The fraction of sp³-hybridized carbons (Fsp3) is 0.0833. The molecule has 0 aliphatic heterocycles. The molecule has 5 heteroatoms. The van der Waals surface area contributed by atoms with Crippen LogP contribution in [-0.2, 0) is 6.61 Å². The van der Waals surface area contributed by atoms with Crippen LogP contribution in [-0.4, -0.2) is 10.1 Å². The molecule has 3 nitrogen and oxygen atoms in total. The summed E-state index contributed by atoms with van der Waals surface area (Å²) in [5, 5.41) is 8.84. The lowest BCUT2D eigenvalue weighted by atomic mass is 10.2. The average Bonchev–Trinajstić information content (AvgIpc) is 2.34. The zero-order valence-corrected chi connectivity index (χ0v) is 8.73. The van der Waals surface area contributed by atoms with Crippen molar-refractivity contribution in [1.82, 2.24) is 4.98 Å². The molecule has 0 bridgehead atoms. The van der Waals surface area contributed by atoms with E-state index in [9.17, 15) is 8.78 Å². The van der Waals surface area contributed by atoms with Gasteiger partial charge in [-0.1, -0.05) is 12.1 Å². The zero-order valence-electron chi connectivity index (χ0n) is 8.73. The van der Waals surface area contributed by atoms with Crippen molar-refractivity contribution in [2.45, 2.75) is 6.61 Å². The third-order valence-electron chi connectivity index (χ3n) is 2.09. The Morgan fingerprint density at radius 1 is 1.18 bits per heavy atom. The molecule has 1 N–H and O–H groups in total. The molecule has 0 fully saturated rings. The topological polar surface area (TPSA) is 42.4 Å². The van der Waals surface area contributed by atoms with Gasteiger partial charge in [-0.15, -0.1) is 0 Å². The van der Waals surface area contributed by atoms with Gasteiger partial charge in [0.1, 0.15) is 11.6 Å². The van der Waals surface area contributed by atoms with E-state index < -0.39 is 11.6 Å². The number of benzene rings is 1. The fourth-order valence-electron chi connectivity index (χ4n) is 1.25. The van der Waals surface area contributed by atoms with Gasteiger partial charge in [-0.2, -0.15) is 0 Å². The number of hydrogen-bond acceptors (Lipinski definition) is 3. The first kappa shape index (κ1) is 11.5. The third kappa shape index (κ3) is 2.76. The molecule has 0 radical (unpaired) electrons. The van der Waals surface area contributed by atoms with E-state index in [1.807, 2.05) is 0 Å². The Kier molecular flexibility index (Phi) is 3.30. The molecule has 0 amide bonds. The summed E-state index contributed by atoms with van der Waals surface area (Å²) in [6.07, 6.45) is 0.876. The molecule has 0 atom stereocenters. The van der Waals surface area contributed by atoms with Crippen molar-refractivity contribution in [2.24, 2.45) is 0 Å². The summed E-state index contributed by atoms with van der Waals surface area (Å²) in [6, 6.07) is 7.10. The second kappa shape index (κ2) is 4.88. The van der Waals surface area contributed by atoms with E-state index in [0.29, 0.717) is 17.4 Å². The Bertz CT molecular complexity index is 514. The largest absolute Gasteiger partial charge is 0.436 e. The lowest BCUT2D eigenvalue weighted by molar-refractivity contribution is 0.281. The second-order valence-electron chi connectivity index (χ2n) is 3.34. The molecule has 1 aromatic heterocycles. The first-order valence-corrected chi connectivity index (χ1v) is 4.88. The van der Waals surface area contributed by atoms with Gasteiger partial charge < -0.3 is 9.84 Å². The van der Waals surface area contributed by atoms with Crippen molar-refractivity contribution in [1.29, 1.82) is 0 Å². The summed E-state index contributed by atoms with van der Waals surface area (Å²) < 4.78 is 30.9. The summed E-state index contributed by atoms with van der Waals surface area (Å²) in [5.74, 6) is -1.55. The second-order valence-corrected chi connectivity index (χ2v) is 3.34. The average molecular weight is 237 g/mol. The van der Waals surface area contributed by atoms with Crippen molar-refractivity contribution in [3.05, 3.63) is 53.7 Å². The molecule has 1 aromatic carbocycles. The number of pyridine rings is 1. The lowest BCUT2D eigenvalue weighted by Gasteiger charge is -2.05. The highest BCUT2D eigenvalue weighted by molar-refractivity contribution is 5.30. The Labute approximate surface area is 96.3 Å². The number of nitrogens with zero attached hydrogens (tertiary/aromatic N) is 1. The van der Waals surface area contributed by atoms with E-state index in [1.54, 1.807) is 24.3 Å². The molecule has 2 rings (SSSR count). The third-order valence-corrected chi connectivity index (χ3v) is 2.09. The van der Waals surface area contributed by atoms with Crippen LogP contribution >= 0.6 is 0 Å². The molecule has 0 aliphatic rings. The van der Waals surface area contributed by atoms with Crippen molar-refractivity contribution >= 4 is 0 Å². The number of hydrogen-bond donors (Lipinski definition) is 1. The van der Waals surface area contributed by atoms with Gasteiger partial charge in [0.15, 0.2) is 5.82 Å². The van der Waals surface area contributed by atoms with Crippen LogP contribution in [0.3, 0.4) is 0 Å². The molecule has 17 heavy (non-hydrogen) atoms. The Hall–Kier alpha value is -2.01. The summed E-state index contributed by atoms with van der Waals surface area (Å²) in [5.41, 5.74) is 0.713. The smallest absolute Gasteiger partial charge is 0.256 e. The molecule has 2 aromatic rings. The van der Waals surface area contributed by atoms with Crippen LogP contribution in [0, 0.1) is 11.6 Å². The van der Waals surface area contributed by atoms with Crippen molar-refractivity contribution in [3.8, 4) is 11.6 Å². The van der Waals surface area contributed by atoms with Crippen molar-refractivity contribution < 1.29 is 18.6 Å². The molecule has 1 heterocycles. The monoisotopic (exact) mass is 237 g/mol. The van der Waals surface area contributed by atoms with E-state index in [2.05, 4.69) is 4.98 Å². The molecule has 0 unspecified atom stereocenters. The van der Waals surface area contributed by atoms with E-state index in [-0.39, 0.29) is 12.5 Å². The van der Waals surface area contributed by atoms with Crippen LogP contribution < -0.4 is 4.74 Å². The van der Waals surface area contributed by atoms with Crippen LogP contribution in [0.15, 0.2) is 36.5 Å². The van der Waals surface area contributed by atoms with Gasteiger partial charge in [-0.25, -0.2) is 13.8 Å². The molecule has 0 spiro atoms. The summed E-state index contributed by atoms with van der Waals surface area (Å²) >= 11 is 0. The molecule has 0 saturated carbocycles. The first-order chi connectivity index (χ1) is 8.19. The van der Waals surface area contributed by atoms with Crippen molar-refractivity contribution in [2.75, 3.05) is 0 Å². The highest BCUT2D eigenvalue weighted by Crippen LogP contribution is 2.22. The van der Waals surface area contributed by atoms with Crippen LogP contribution in [0.1, 0.15) is 5.56 Å². The van der Waals surface area contributed by atoms with E-state index in [1.165, 1.54) is 0 Å². The summed E-state index contributed by atoms with van der Waals surface area (Å²) in [6.45, 7) is -0.0799. The van der Waals surface area contributed by atoms with Crippen LogP contribution in [0.2, 0.25) is 0 Å². The van der Waals surface area contributed by atoms with Crippen LogP contribution in [0.4, 0.5) is 8.78 Å². The van der Waals surface area contributed by atoms with Gasteiger partial charge in [0.2, 0.25) is 0 Å². The minimum absolute atomic E-state index is 0.0799. The number of aliphatic hydroxyl groups is 1. The minimum Gasteiger partial charge on any atom is -0.436 e. The molecule has 0 aliphatic carbocycles. The summed E-state index contributed by atoms with van der Waals surface area (Å²) in [4.78, 5) is 3.49. The van der Waals surface area contributed by atoms with Crippen molar-refractivity contribution in [3.63, 3.8) is 0 Å². The predicted octanol–water partition coefficient (Wildman–Crippen LogP) is 2.64. The summed E-state index contributed by atoms with van der Waals surface area (Å²) in [7, 11) is 0. The fourth-order valence-corrected chi connectivity index (χ4v) is 1.25. The number of aromatic nitrogens is 1. The Balaban J connectivity index is 2.19. The molecular formula is C12H9F2NO2. The van der Waals surface area contributed by atoms with E-state index >= 15 is 0 Å². The van der Waals surface area contributed by atoms with Crippen LogP contribution in [0.5, 0.6) is 11.6 Å². The van der Waals surface area contributed by atoms with E-state index in [4.69, 9.17) is 9.84 Å². The van der Waals surface area contributed by atoms with Gasteiger partial charge in [0, 0.05) is 6.07 Å². The molecule has 88 valence electrons. The maximum Gasteiger partial charge on any atom is 0.256 e. The molecular weight excluding hydrogens is 228 g/mol. The highest BCUT2D eigenvalue weighted by Gasteiger charge is 2.07. The number of rotatable bonds is 3. The normalized spacial score (nSPS) is 10.3. The number of aliphatic hydroxyl groups excluding tert-OH is 1. The highest BCUT2D eigenvalue weighted by atomic mass is 19.1. The molecule has 0 saturated heterocycles.